The topological polar surface area (TPSA) is 47.0 Å². The monoisotopic (exact) mass is 359 g/mol. The number of benzene rings is 1. The lowest BCUT2D eigenvalue weighted by atomic mass is 9.77. The van der Waals surface area contributed by atoms with Crippen LogP contribution < -0.4 is 0 Å². The number of aromatic nitrogens is 1. The van der Waals surface area contributed by atoms with Crippen molar-refractivity contribution in [2.75, 3.05) is 0 Å². The highest BCUT2D eigenvalue weighted by Gasteiger charge is 2.48. The number of hydrogen-bond acceptors (Lipinski definition) is 4. The zero-order valence-corrected chi connectivity index (χ0v) is 15.2. The Hall–Kier alpha value is -1.52. The first-order chi connectivity index (χ1) is 11.5. The molecule has 1 unspecified atom stereocenters. The molecule has 24 heavy (non-hydrogen) atoms. The van der Waals surface area contributed by atoms with E-state index in [-0.39, 0.29) is 23.4 Å². The molecule has 0 amide bonds. The van der Waals surface area contributed by atoms with Crippen molar-refractivity contribution >= 4 is 34.5 Å². The lowest BCUT2D eigenvalue weighted by Gasteiger charge is -2.24. The van der Waals surface area contributed by atoms with Crippen molar-refractivity contribution in [3.8, 4) is 10.6 Å². The molecule has 0 N–H and O–H groups in total. The third-order valence-corrected chi connectivity index (χ3v) is 6.78. The number of ketones is 2. The molecule has 2 fully saturated rings. The number of fused-ring (bicyclic) bond motifs is 2. The van der Waals surface area contributed by atoms with Crippen molar-refractivity contribution in [1.29, 1.82) is 0 Å². The van der Waals surface area contributed by atoms with Crippen LogP contribution in [0.25, 0.3) is 10.6 Å². The Morgan fingerprint density at radius 2 is 1.79 bits per heavy atom. The molecular weight excluding hydrogens is 342 g/mol. The fourth-order valence-corrected chi connectivity index (χ4v) is 5.02. The lowest BCUT2D eigenvalue weighted by Crippen LogP contribution is -2.35. The highest BCUT2D eigenvalue weighted by molar-refractivity contribution is 7.15. The van der Waals surface area contributed by atoms with Crippen LogP contribution in [0.5, 0.6) is 0 Å². The van der Waals surface area contributed by atoms with E-state index in [1.807, 2.05) is 32.0 Å². The largest absolute Gasteiger partial charge is 0.298 e. The Bertz CT molecular complexity index is 835. The van der Waals surface area contributed by atoms with E-state index < -0.39 is 5.92 Å². The first kappa shape index (κ1) is 16.0. The first-order valence-corrected chi connectivity index (χ1v) is 9.46. The van der Waals surface area contributed by atoms with E-state index in [0.29, 0.717) is 5.69 Å². The maximum absolute atomic E-state index is 12.7. The molecule has 2 aliphatic rings. The van der Waals surface area contributed by atoms with E-state index in [1.165, 1.54) is 0 Å². The van der Waals surface area contributed by atoms with E-state index >= 15 is 0 Å². The SMILES string of the molecule is Cc1cc(-c2nc(C3C(=O)[C@@H]4CC[C@@H](C4)C3=O)c(C)s2)ccc1Cl. The van der Waals surface area contributed by atoms with E-state index in [4.69, 9.17) is 16.6 Å². The van der Waals surface area contributed by atoms with E-state index in [2.05, 4.69) is 0 Å². The standard InChI is InChI=1S/C19H18ClNO2S/c1-9-7-13(5-6-14(9)20)19-21-16(10(2)24-19)15-17(22)11-3-4-12(8-11)18(15)23/h5-7,11-12,15H,3-4,8H2,1-2H3/t11-,12+,15?. The molecule has 0 radical (unpaired) electrons. The average molecular weight is 360 g/mol. The smallest absolute Gasteiger partial charge is 0.152 e. The van der Waals surface area contributed by atoms with Gasteiger partial charge in [0.25, 0.3) is 0 Å². The molecule has 2 aromatic rings. The minimum Gasteiger partial charge on any atom is -0.298 e. The predicted molar refractivity (Wildman–Crippen MR) is 95.6 cm³/mol. The maximum Gasteiger partial charge on any atom is 0.152 e. The fourth-order valence-electron chi connectivity index (χ4n) is 3.96. The molecule has 1 heterocycles. The lowest BCUT2D eigenvalue weighted by molar-refractivity contribution is -0.136. The van der Waals surface area contributed by atoms with Crippen LogP contribution in [-0.4, -0.2) is 16.6 Å². The number of carbonyl (C=O) groups is 2. The van der Waals surface area contributed by atoms with E-state index in [1.54, 1.807) is 11.3 Å². The summed E-state index contributed by atoms with van der Waals surface area (Å²) >= 11 is 7.64. The van der Waals surface area contributed by atoms with Crippen LogP contribution in [0.15, 0.2) is 18.2 Å². The Morgan fingerprint density at radius 3 is 2.42 bits per heavy atom. The van der Waals surface area contributed by atoms with Crippen molar-refractivity contribution in [2.45, 2.75) is 39.0 Å². The highest BCUT2D eigenvalue weighted by atomic mass is 35.5. The number of nitrogens with zero attached hydrogens (tertiary/aromatic N) is 1. The van der Waals surface area contributed by atoms with Gasteiger partial charge in [0.2, 0.25) is 0 Å². The summed E-state index contributed by atoms with van der Waals surface area (Å²) in [6.07, 6.45) is 2.47. The second kappa shape index (κ2) is 5.78. The molecule has 0 saturated heterocycles. The second-order valence-electron chi connectivity index (χ2n) is 6.87. The molecule has 1 aromatic carbocycles. The molecule has 0 spiro atoms. The van der Waals surface area contributed by atoms with Crippen LogP contribution in [0.2, 0.25) is 5.02 Å². The van der Waals surface area contributed by atoms with E-state index in [9.17, 15) is 9.59 Å². The van der Waals surface area contributed by atoms with Crippen LogP contribution in [0.3, 0.4) is 0 Å². The van der Waals surface area contributed by atoms with Gasteiger partial charge in [0, 0.05) is 27.3 Å². The third-order valence-electron chi connectivity index (χ3n) is 5.32. The van der Waals surface area contributed by atoms with Crippen LogP contribution >= 0.6 is 22.9 Å². The molecule has 2 saturated carbocycles. The average Bonchev–Trinajstić information content (AvgIpc) is 3.15. The van der Waals surface area contributed by atoms with Gasteiger partial charge in [-0.05, 0) is 50.8 Å². The summed E-state index contributed by atoms with van der Waals surface area (Å²) in [7, 11) is 0. The summed E-state index contributed by atoms with van der Waals surface area (Å²) < 4.78 is 0. The summed E-state index contributed by atoms with van der Waals surface area (Å²) in [5.41, 5.74) is 2.65. The number of hydrogen-bond donors (Lipinski definition) is 0. The summed E-state index contributed by atoms with van der Waals surface area (Å²) in [5, 5.41) is 1.57. The van der Waals surface area contributed by atoms with Gasteiger partial charge in [0.1, 0.15) is 10.9 Å². The van der Waals surface area contributed by atoms with Crippen LogP contribution in [0.4, 0.5) is 0 Å². The molecule has 5 heteroatoms. The minimum absolute atomic E-state index is 0.0556. The fraction of sp³-hybridized carbons (Fsp3) is 0.421. The summed E-state index contributed by atoms with van der Waals surface area (Å²) in [6.45, 7) is 3.91. The van der Waals surface area contributed by atoms with Gasteiger partial charge in [0.15, 0.2) is 11.6 Å². The zero-order valence-electron chi connectivity index (χ0n) is 13.6. The highest BCUT2D eigenvalue weighted by Crippen LogP contribution is 2.45. The van der Waals surface area contributed by atoms with Gasteiger partial charge in [-0.15, -0.1) is 11.3 Å². The summed E-state index contributed by atoms with van der Waals surface area (Å²) in [6, 6.07) is 5.80. The van der Waals surface area contributed by atoms with Gasteiger partial charge in [-0.25, -0.2) is 4.98 Å². The molecule has 3 atom stereocenters. The van der Waals surface area contributed by atoms with Gasteiger partial charge in [-0.2, -0.15) is 0 Å². The van der Waals surface area contributed by atoms with E-state index in [0.717, 1.165) is 45.3 Å². The third kappa shape index (κ3) is 2.44. The van der Waals surface area contributed by atoms with Crippen LogP contribution in [0.1, 0.15) is 41.3 Å². The van der Waals surface area contributed by atoms with Crippen molar-refractivity contribution in [3.63, 3.8) is 0 Å². The first-order valence-electron chi connectivity index (χ1n) is 8.27. The van der Waals surface area contributed by atoms with Crippen molar-refractivity contribution < 1.29 is 9.59 Å². The van der Waals surface area contributed by atoms with Crippen molar-refractivity contribution in [3.05, 3.63) is 39.4 Å². The molecule has 0 aliphatic heterocycles. The molecular formula is C19H18ClNO2S. The zero-order chi connectivity index (χ0) is 17.0. The molecule has 2 aliphatic carbocycles. The number of aryl methyl sites for hydroxylation is 2. The second-order valence-corrected chi connectivity index (χ2v) is 8.48. The number of carbonyl (C=O) groups excluding carboxylic acids is 2. The molecule has 4 rings (SSSR count). The van der Waals surface area contributed by atoms with Gasteiger partial charge in [-0.1, -0.05) is 17.7 Å². The van der Waals surface area contributed by atoms with Gasteiger partial charge >= 0.3 is 0 Å². The number of Topliss-reactive ketones (excluding diaryl/α,β-unsaturated/α-hetero) is 2. The number of rotatable bonds is 2. The molecule has 124 valence electrons. The Morgan fingerprint density at radius 1 is 1.12 bits per heavy atom. The van der Waals surface area contributed by atoms with Gasteiger partial charge < -0.3 is 0 Å². The Labute approximate surface area is 150 Å². The number of halogens is 1. The number of thiazole rings is 1. The molecule has 2 bridgehead atoms. The molecule has 3 nitrogen and oxygen atoms in total. The predicted octanol–water partition coefficient (Wildman–Crippen LogP) is 4.73. The molecule has 1 aromatic heterocycles. The van der Waals surface area contributed by atoms with Crippen molar-refractivity contribution in [2.24, 2.45) is 11.8 Å². The minimum atomic E-state index is -0.644. The summed E-state index contributed by atoms with van der Waals surface area (Å²) in [5.74, 6) is -0.364. The van der Waals surface area contributed by atoms with Crippen LogP contribution in [-0.2, 0) is 9.59 Å². The Balaban J connectivity index is 1.74. The van der Waals surface area contributed by atoms with Gasteiger partial charge in [-0.3, -0.25) is 9.59 Å². The maximum atomic E-state index is 12.7. The summed E-state index contributed by atoms with van der Waals surface area (Å²) in [4.78, 5) is 31.1. The van der Waals surface area contributed by atoms with Gasteiger partial charge in [0.05, 0.1) is 5.69 Å². The quantitative estimate of drug-likeness (QED) is 0.728. The Kier molecular flexibility index (Phi) is 3.85. The normalized spacial score (nSPS) is 26.2. The van der Waals surface area contributed by atoms with Crippen LogP contribution in [0, 0.1) is 25.7 Å². The van der Waals surface area contributed by atoms with Crippen molar-refractivity contribution in [1.82, 2.24) is 4.98 Å².